The summed E-state index contributed by atoms with van der Waals surface area (Å²) < 4.78 is 0. The van der Waals surface area contributed by atoms with E-state index < -0.39 is 0 Å². The van der Waals surface area contributed by atoms with E-state index in [2.05, 4.69) is 29.2 Å². The molecule has 0 aliphatic rings. The maximum atomic E-state index is 5.82. The molecule has 0 aliphatic carbocycles. The molecule has 0 unspecified atom stereocenters. The number of benzene rings is 2. The Morgan fingerprint density at radius 1 is 0.875 bits per heavy atom. The normalized spacial score (nSPS) is 11.1. The molecule has 0 bridgehead atoms. The highest BCUT2D eigenvalue weighted by molar-refractivity contribution is 6.17. The highest BCUT2D eigenvalue weighted by atomic mass is 35.5. The zero-order valence-corrected chi connectivity index (χ0v) is 9.41. The van der Waals surface area contributed by atoms with Gasteiger partial charge in [0.05, 0.1) is 11.0 Å². The molecule has 3 aromatic rings. The van der Waals surface area contributed by atoms with Crippen molar-refractivity contribution in [1.82, 2.24) is 4.98 Å². The summed E-state index contributed by atoms with van der Waals surface area (Å²) in [5.41, 5.74) is 3.15. The summed E-state index contributed by atoms with van der Waals surface area (Å²) in [6.07, 6.45) is 0. The van der Waals surface area contributed by atoms with Crippen molar-refractivity contribution in [1.29, 1.82) is 0 Å². The van der Waals surface area contributed by atoms with Crippen molar-refractivity contribution in [2.24, 2.45) is 0 Å². The van der Waals surface area contributed by atoms with Gasteiger partial charge in [0.25, 0.3) is 0 Å². The van der Waals surface area contributed by atoms with Gasteiger partial charge in [0.2, 0.25) is 0 Å². The monoisotopic (exact) mass is 227 g/mol. The summed E-state index contributed by atoms with van der Waals surface area (Å²) >= 11 is 5.82. The Bertz CT molecular complexity index is 661. The number of halogens is 1. The third-order valence-electron chi connectivity index (χ3n) is 2.74. The molecule has 0 N–H and O–H groups in total. The van der Waals surface area contributed by atoms with Crippen LogP contribution < -0.4 is 0 Å². The lowest BCUT2D eigenvalue weighted by Gasteiger charge is -2.02. The molecule has 2 heteroatoms. The van der Waals surface area contributed by atoms with Crippen molar-refractivity contribution in [3.63, 3.8) is 0 Å². The van der Waals surface area contributed by atoms with Gasteiger partial charge in [-0.05, 0) is 23.8 Å². The number of hydrogen-bond donors (Lipinski definition) is 0. The Kier molecular flexibility index (Phi) is 2.26. The van der Waals surface area contributed by atoms with Crippen molar-refractivity contribution < 1.29 is 0 Å². The molecule has 0 fully saturated rings. The number of nitrogens with zero attached hydrogens (tertiary/aromatic N) is 1. The molecule has 16 heavy (non-hydrogen) atoms. The molecule has 0 amide bonds. The molecule has 3 rings (SSSR count). The maximum absolute atomic E-state index is 5.82. The van der Waals surface area contributed by atoms with E-state index in [-0.39, 0.29) is 0 Å². The number of para-hydroxylation sites is 1. The minimum Gasteiger partial charge on any atom is -0.248 e. The van der Waals surface area contributed by atoms with Gasteiger partial charge in [0, 0.05) is 16.7 Å². The van der Waals surface area contributed by atoms with Crippen LogP contribution in [0.1, 0.15) is 5.56 Å². The Morgan fingerprint density at radius 3 is 2.56 bits per heavy atom. The Balaban J connectivity index is 2.37. The van der Waals surface area contributed by atoms with Gasteiger partial charge in [-0.15, -0.1) is 11.6 Å². The van der Waals surface area contributed by atoms with Crippen molar-refractivity contribution >= 4 is 33.4 Å². The van der Waals surface area contributed by atoms with Gasteiger partial charge in [0.1, 0.15) is 0 Å². The van der Waals surface area contributed by atoms with E-state index >= 15 is 0 Å². The molecule has 0 saturated heterocycles. The van der Waals surface area contributed by atoms with Crippen LogP contribution >= 0.6 is 11.6 Å². The fourth-order valence-corrected chi connectivity index (χ4v) is 2.07. The number of fused-ring (bicyclic) bond motifs is 2. The van der Waals surface area contributed by atoms with E-state index in [4.69, 9.17) is 11.6 Å². The minimum absolute atomic E-state index is 0.532. The average molecular weight is 228 g/mol. The summed E-state index contributed by atoms with van der Waals surface area (Å²) in [6, 6.07) is 16.5. The van der Waals surface area contributed by atoms with Crippen LogP contribution in [0, 0.1) is 0 Å². The zero-order chi connectivity index (χ0) is 11.0. The smallest absolute Gasteiger partial charge is 0.0712 e. The molecule has 1 heterocycles. The summed E-state index contributed by atoms with van der Waals surface area (Å²) in [7, 11) is 0. The first-order valence-corrected chi connectivity index (χ1v) is 5.75. The van der Waals surface area contributed by atoms with Crippen LogP contribution in [0.15, 0.2) is 48.5 Å². The molecule has 0 atom stereocenters. The predicted molar refractivity (Wildman–Crippen MR) is 68.8 cm³/mol. The highest BCUT2D eigenvalue weighted by Gasteiger charge is 2.00. The lowest BCUT2D eigenvalue weighted by atomic mass is 10.1. The number of aromatic nitrogens is 1. The van der Waals surface area contributed by atoms with Gasteiger partial charge >= 0.3 is 0 Å². The van der Waals surface area contributed by atoms with Gasteiger partial charge in [-0.1, -0.05) is 30.3 Å². The van der Waals surface area contributed by atoms with E-state index in [1.54, 1.807) is 0 Å². The second-order valence-electron chi connectivity index (χ2n) is 3.84. The van der Waals surface area contributed by atoms with Crippen LogP contribution in [0.5, 0.6) is 0 Å². The highest BCUT2D eigenvalue weighted by Crippen LogP contribution is 2.20. The molecule has 1 nitrogen and oxygen atoms in total. The number of rotatable bonds is 1. The van der Waals surface area contributed by atoms with Gasteiger partial charge < -0.3 is 0 Å². The van der Waals surface area contributed by atoms with Crippen LogP contribution in [-0.2, 0) is 5.88 Å². The first-order chi connectivity index (χ1) is 7.86. The summed E-state index contributed by atoms with van der Waals surface area (Å²) in [4.78, 5) is 4.63. The summed E-state index contributed by atoms with van der Waals surface area (Å²) in [5, 5.41) is 2.33. The van der Waals surface area contributed by atoms with Crippen molar-refractivity contribution in [3.05, 3.63) is 54.1 Å². The van der Waals surface area contributed by atoms with Gasteiger partial charge in [-0.2, -0.15) is 0 Å². The maximum Gasteiger partial charge on any atom is 0.0712 e. The first-order valence-electron chi connectivity index (χ1n) is 5.21. The van der Waals surface area contributed by atoms with Crippen LogP contribution in [0.2, 0.25) is 0 Å². The molecule has 1 aromatic heterocycles. The molecule has 0 spiro atoms. The molecule has 0 saturated carbocycles. The Labute approximate surface area is 98.7 Å². The molecular weight excluding hydrogens is 218 g/mol. The largest absolute Gasteiger partial charge is 0.248 e. The van der Waals surface area contributed by atoms with Crippen LogP contribution in [0.25, 0.3) is 21.8 Å². The van der Waals surface area contributed by atoms with Gasteiger partial charge in [0.15, 0.2) is 0 Å². The second kappa shape index (κ2) is 3.76. The van der Waals surface area contributed by atoms with Gasteiger partial charge in [-0.3, -0.25) is 0 Å². The fraction of sp³-hybridized carbons (Fsp3) is 0.0714. The lowest BCUT2D eigenvalue weighted by molar-refractivity contribution is 1.40. The molecule has 78 valence electrons. The van der Waals surface area contributed by atoms with Gasteiger partial charge in [-0.25, -0.2) is 4.98 Å². The molecule has 2 aromatic carbocycles. The number of pyridine rings is 1. The van der Waals surface area contributed by atoms with E-state index in [1.165, 1.54) is 5.39 Å². The summed E-state index contributed by atoms with van der Waals surface area (Å²) in [5.74, 6) is 0.532. The standard InChI is InChI=1S/C14H10ClN/c15-9-10-5-6-12-8-11-3-1-2-4-13(11)16-14(12)7-10/h1-8H,9H2. The Hall–Kier alpha value is -1.60. The fourth-order valence-electron chi connectivity index (χ4n) is 1.90. The average Bonchev–Trinajstić information content (AvgIpc) is 2.35. The molecule has 0 radical (unpaired) electrons. The number of hydrogen-bond acceptors (Lipinski definition) is 1. The van der Waals surface area contributed by atoms with E-state index in [9.17, 15) is 0 Å². The Morgan fingerprint density at radius 2 is 1.69 bits per heavy atom. The predicted octanol–water partition coefficient (Wildman–Crippen LogP) is 4.13. The molecular formula is C14H10ClN. The third kappa shape index (κ3) is 1.54. The minimum atomic E-state index is 0.532. The quantitative estimate of drug-likeness (QED) is 0.450. The number of alkyl halides is 1. The van der Waals surface area contributed by atoms with Crippen molar-refractivity contribution in [2.75, 3.05) is 0 Å². The zero-order valence-electron chi connectivity index (χ0n) is 8.65. The van der Waals surface area contributed by atoms with E-state index in [1.807, 2.05) is 24.3 Å². The topological polar surface area (TPSA) is 12.9 Å². The van der Waals surface area contributed by atoms with Crippen molar-refractivity contribution in [3.8, 4) is 0 Å². The third-order valence-corrected chi connectivity index (χ3v) is 3.05. The molecule has 0 aliphatic heterocycles. The lowest BCUT2D eigenvalue weighted by Crippen LogP contribution is -1.84. The SMILES string of the molecule is ClCc1ccc2cc3ccccc3nc2c1. The van der Waals surface area contributed by atoms with Crippen molar-refractivity contribution in [2.45, 2.75) is 5.88 Å². The van der Waals surface area contributed by atoms with E-state index in [0.29, 0.717) is 5.88 Å². The van der Waals surface area contributed by atoms with Crippen LogP contribution in [0.4, 0.5) is 0 Å². The van der Waals surface area contributed by atoms with Crippen LogP contribution in [0.3, 0.4) is 0 Å². The second-order valence-corrected chi connectivity index (χ2v) is 4.11. The van der Waals surface area contributed by atoms with E-state index in [0.717, 1.165) is 22.0 Å². The first kappa shape index (κ1) is 9.61. The van der Waals surface area contributed by atoms with Crippen LogP contribution in [-0.4, -0.2) is 4.98 Å². The summed E-state index contributed by atoms with van der Waals surface area (Å²) in [6.45, 7) is 0.